The fourth-order valence-electron chi connectivity index (χ4n) is 3.05. The van der Waals surface area contributed by atoms with Crippen molar-refractivity contribution in [3.05, 3.63) is 91.9 Å². The molecule has 0 aromatic heterocycles. The number of nitrogens with zero attached hydrogens (tertiary/aromatic N) is 1. The van der Waals surface area contributed by atoms with E-state index in [1.165, 1.54) is 6.08 Å². The fraction of sp³-hybridized carbons (Fsp3) is 0.115. The largest absolute Gasteiger partial charge is 0.481 e. The van der Waals surface area contributed by atoms with Crippen LogP contribution in [0.5, 0.6) is 5.75 Å². The second-order valence-corrected chi connectivity index (χ2v) is 9.10. The van der Waals surface area contributed by atoms with Crippen LogP contribution in [0.2, 0.25) is 0 Å². The maximum Gasteiger partial charge on any atom is 0.266 e. The Bertz CT molecular complexity index is 1280. The van der Waals surface area contributed by atoms with Gasteiger partial charge in [-0.15, -0.1) is 0 Å². The Morgan fingerprint density at radius 2 is 1.68 bits per heavy atom. The molecule has 0 heterocycles. The normalized spacial score (nSPS) is 10.9. The summed E-state index contributed by atoms with van der Waals surface area (Å²) in [7, 11) is 0. The molecule has 2 amide bonds. The van der Waals surface area contributed by atoms with Crippen molar-refractivity contribution < 1.29 is 14.3 Å². The first-order valence-electron chi connectivity index (χ1n) is 10.2. The van der Waals surface area contributed by atoms with E-state index in [0.29, 0.717) is 25.9 Å². The van der Waals surface area contributed by atoms with Gasteiger partial charge in [0.2, 0.25) is 0 Å². The molecule has 0 aliphatic rings. The molecule has 0 saturated heterocycles. The van der Waals surface area contributed by atoms with Crippen LogP contribution in [0, 0.1) is 25.2 Å². The van der Waals surface area contributed by atoms with Crippen molar-refractivity contribution in [2.75, 3.05) is 17.2 Å². The third-order valence-electron chi connectivity index (χ3n) is 4.95. The van der Waals surface area contributed by atoms with Gasteiger partial charge in [0.05, 0.1) is 8.95 Å². The minimum atomic E-state index is -0.510. The zero-order chi connectivity index (χ0) is 24.7. The van der Waals surface area contributed by atoms with Crippen molar-refractivity contribution in [2.24, 2.45) is 0 Å². The number of benzene rings is 3. The Morgan fingerprint density at radius 3 is 2.32 bits per heavy atom. The SMILES string of the molecule is Cc1cccc(NC(=O)COc2c(Br)cc(/C=C(\C#N)C(=O)Nc3ccccc3)cc2Br)c1C. The molecular weight excluding hydrogens is 562 g/mol. The lowest BCUT2D eigenvalue weighted by Gasteiger charge is -2.13. The smallest absolute Gasteiger partial charge is 0.266 e. The first-order valence-corrected chi connectivity index (χ1v) is 11.8. The number of hydrogen-bond acceptors (Lipinski definition) is 4. The van der Waals surface area contributed by atoms with E-state index in [9.17, 15) is 14.9 Å². The van der Waals surface area contributed by atoms with Crippen molar-refractivity contribution in [3.8, 4) is 11.8 Å². The summed E-state index contributed by atoms with van der Waals surface area (Å²) >= 11 is 6.88. The lowest BCUT2D eigenvalue weighted by atomic mass is 10.1. The quantitative estimate of drug-likeness (QED) is 0.249. The number of nitrogens with one attached hydrogen (secondary N) is 2. The Balaban J connectivity index is 1.70. The number of carbonyl (C=O) groups excluding carboxylic acids is 2. The van der Waals surface area contributed by atoms with E-state index in [1.54, 1.807) is 36.4 Å². The Morgan fingerprint density at radius 1 is 1.00 bits per heavy atom. The van der Waals surface area contributed by atoms with E-state index in [0.717, 1.165) is 16.8 Å². The summed E-state index contributed by atoms with van der Waals surface area (Å²) in [5, 5.41) is 15.0. The molecule has 0 aliphatic carbocycles. The van der Waals surface area contributed by atoms with E-state index in [2.05, 4.69) is 42.5 Å². The number of ether oxygens (including phenoxy) is 1. The van der Waals surface area contributed by atoms with Crippen LogP contribution in [-0.2, 0) is 9.59 Å². The van der Waals surface area contributed by atoms with Crippen LogP contribution in [0.25, 0.3) is 6.08 Å². The lowest BCUT2D eigenvalue weighted by molar-refractivity contribution is -0.118. The molecule has 0 atom stereocenters. The van der Waals surface area contributed by atoms with Gasteiger partial charge in [-0.05, 0) is 98.8 Å². The zero-order valence-corrected chi connectivity index (χ0v) is 21.7. The first kappa shape index (κ1) is 25.2. The molecule has 0 unspecified atom stereocenters. The van der Waals surface area contributed by atoms with Gasteiger partial charge in [0.25, 0.3) is 11.8 Å². The van der Waals surface area contributed by atoms with Crippen molar-refractivity contribution in [1.82, 2.24) is 0 Å². The topological polar surface area (TPSA) is 91.2 Å². The van der Waals surface area contributed by atoms with Gasteiger partial charge in [-0.25, -0.2) is 0 Å². The summed E-state index contributed by atoms with van der Waals surface area (Å²) in [6, 6.07) is 19.9. The van der Waals surface area contributed by atoms with Crippen LogP contribution in [0.3, 0.4) is 0 Å². The highest BCUT2D eigenvalue weighted by molar-refractivity contribution is 9.11. The van der Waals surface area contributed by atoms with Gasteiger partial charge >= 0.3 is 0 Å². The van der Waals surface area contributed by atoms with E-state index >= 15 is 0 Å². The van der Waals surface area contributed by atoms with Gasteiger partial charge in [-0.1, -0.05) is 30.3 Å². The van der Waals surface area contributed by atoms with Gasteiger partial charge in [-0.3, -0.25) is 9.59 Å². The summed E-state index contributed by atoms with van der Waals surface area (Å²) in [5.41, 5.74) is 3.97. The Hall–Kier alpha value is -3.41. The number of rotatable bonds is 7. The Kier molecular flexibility index (Phi) is 8.63. The van der Waals surface area contributed by atoms with Gasteiger partial charge in [-0.2, -0.15) is 5.26 Å². The van der Waals surface area contributed by atoms with Gasteiger partial charge in [0, 0.05) is 11.4 Å². The molecule has 172 valence electrons. The molecule has 8 heteroatoms. The van der Waals surface area contributed by atoms with Crippen molar-refractivity contribution >= 4 is 61.1 Å². The van der Waals surface area contributed by atoms with Gasteiger partial charge in [0.1, 0.15) is 17.4 Å². The minimum Gasteiger partial charge on any atom is -0.481 e. The highest BCUT2D eigenvalue weighted by atomic mass is 79.9. The highest BCUT2D eigenvalue weighted by Crippen LogP contribution is 2.35. The molecule has 0 saturated carbocycles. The predicted octanol–water partition coefficient (Wildman–Crippen LogP) is 6.39. The fourth-order valence-corrected chi connectivity index (χ4v) is 4.50. The Labute approximate surface area is 214 Å². The summed E-state index contributed by atoms with van der Waals surface area (Å²) in [6.07, 6.45) is 1.48. The van der Waals surface area contributed by atoms with E-state index in [4.69, 9.17) is 4.74 Å². The van der Waals surface area contributed by atoms with E-state index in [-0.39, 0.29) is 18.1 Å². The molecule has 0 spiro atoms. The second-order valence-electron chi connectivity index (χ2n) is 7.39. The van der Waals surface area contributed by atoms with Crippen LogP contribution in [0.15, 0.2) is 75.2 Å². The van der Waals surface area contributed by atoms with Crippen LogP contribution in [0.1, 0.15) is 16.7 Å². The number of aryl methyl sites for hydroxylation is 1. The van der Waals surface area contributed by atoms with Crippen LogP contribution < -0.4 is 15.4 Å². The van der Waals surface area contributed by atoms with Crippen LogP contribution in [0.4, 0.5) is 11.4 Å². The number of carbonyl (C=O) groups is 2. The molecule has 0 radical (unpaired) electrons. The predicted molar refractivity (Wildman–Crippen MR) is 141 cm³/mol. The van der Waals surface area contributed by atoms with Crippen LogP contribution >= 0.6 is 31.9 Å². The van der Waals surface area contributed by atoms with E-state index in [1.807, 2.05) is 44.2 Å². The molecule has 0 bridgehead atoms. The highest BCUT2D eigenvalue weighted by Gasteiger charge is 2.14. The monoisotopic (exact) mass is 581 g/mol. The second kappa shape index (κ2) is 11.6. The number of amides is 2. The summed E-state index contributed by atoms with van der Waals surface area (Å²) in [6.45, 7) is 3.73. The molecule has 3 aromatic carbocycles. The number of anilines is 2. The number of para-hydroxylation sites is 1. The first-order chi connectivity index (χ1) is 16.3. The molecule has 6 nitrogen and oxygen atoms in total. The van der Waals surface area contributed by atoms with Gasteiger partial charge in [0.15, 0.2) is 6.61 Å². The average Bonchev–Trinajstić information content (AvgIpc) is 2.80. The lowest BCUT2D eigenvalue weighted by Crippen LogP contribution is -2.21. The third kappa shape index (κ3) is 6.56. The molecular formula is C26H21Br2N3O3. The van der Waals surface area contributed by atoms with E-state index < -0.39 is 5.91 Å². The van der Waals surface area contributed by atoms with Crippen molar-refractivity contribution in [2.45, 2.75) is 13.8 Å². The minimum absolute atomic E-state index is 0.0516. The van der Waals surface area contributed by atoms with Crippen molar-refractivity contribution in [1.29, 1.82) is 5.26 Å². The average molecular weight is 583 g/mol. The summed E-state index contributed by atoms with van der Waals surface area (Å²) < 4.78 is 6.84. The number of hydrogen-bond donors (Lipinski definition) is 2. The third-order valence-corrected chi connectivity index (χ3v) is 6.13. The maximum atomic E-state index is 12.5. The van der Waals surface area contributed by atoms with Gasteiger partial charge < -0.3 is 15.4 Å². The molecule has 0 aliphatic heterocycles. The number of nitriles is 1. The molecule has 0 fully saturated rings. The molecule has 34 heavy (non-hydrogen) atoms. The zero-order valence-electron chi connectivity index (χ0n) is 18.5. The maximum absolute atomic E-state index is 12.5. The molecule has 2 N–H and O–H groups in total. The molecule has 3 aromatic rings. The standard InChI is InChI=1S/C26H21Br2N3O3/c1-16-7-6-10-23(17(16)2)31-24(32)15-34-25-21(27)12-18(13-22(25)28)11-19(14-29)26(33)30-20-8-4-3-5-9-20/h3-13H,15H2,1-2H3,(H,30,33)(H,31,32)/b19-11+. The summed E-state index contributed by atoms with van der Waals surface area (Å²) in [4.78, 5) is 24.9. The number of halogens is 2. The van der Waals surface area contributed by atoms with Crippen molar-refractivity contribution in [3.63, 3.8) is 0 Å². The van der Waals surface area contributed by atoms with Crippen LogP contribution in [-0.4, -0.2) is 18.4 Å². The summed E-state index contributed by atoms with van der Waals surface area (Å²) in [5.74, 6) is -0.370. The molecule has 3 rings (SSSR count).